The normalized spacial score (nSPS) is 20.2. The Labute approximate surface area is 164 Å². The standard InChI is InChI=1S/C21H26N2O3S/c1-14(2)17-6-4-16(5-7-17)12-18-20(25)23(21(26)27-18)13-19(24)22-10-8-15(3)9-11-22/h4-7,12,14-15H,8-11,13H2,1-3H3/b18-12+. The molecule has 0 radical (unpaired) electrons. The van der Waals surface area contributed by atoms with Gasteiger partial charge in [-0.05, 0) is 53.6 Å². The Morgan fingerprint density at radius 2 is 1.81 bits per heavy atom. The lowest BCUT2D eigenvalue weighted by Crippen LogP contribution is -2.45. The van der Waals surface area contributed by atoms with E-state index in [0.29, 0.717) is 29.8 Å². The third-order valence-corrected chi connectivity index (χ3v) is 6.11. The molecule has 1 aromatic carbocycles. The van der Waals surface area contributed by atoms with E-state index in [9.17, 15) is 14.4 Å². The number of hydrogen-bond donors (Lipinski definition) is 0. The van der Waals surface area contributed by atoms with Gasteiger partial charge in [-0.1, -0.05) is 45.0 Å². The molecule has 0 saturated carbocycles. The van der Waals surface area contributed by atoms with Crippen molar-refractivity contribution in [3.63, 3.8) is 0 Å². The average molecular weight is 387 g/mol. The Hall–Kier alpha value is -2.08. The Morgan fingerprint density at radius 3 is 2.41 bits per heavy atom. The van der Waals surface area contributed by atoms with Crippen LogP contribution in [0.3, 0.4) is 0 Å². The number of hydrogen-bond acceptors (Lipinski definition) is 4. The van der Waals surface area contributed by atoms with Gasteiger partial charge in [-0.2, -0.15) is 0 Å². The monoisotopic (exact) mass is 386 g/mol. The van der Waals surface area contributed by atoms with Crippen molar-refractivity contribution in [2.45, 2.75) is 39.5 Å². The third-order valence-electron chi connectivity index (χ3n) is 5.20. The summed E-state index contributed by atoms with van der Waals surface area (Å²) in [6, 6.07) is 7.95. The van der Waals surface area contributed by atoms with Crippen LogP contribution in [0.1, 0.15) is 50.7 Å². The minimum absolute atomic E-state index is 0.147. The van der Waals surface area contributed by atoms with E-state index in [1.807, 2.05) is 24.3 Å². The van der Waals surface area contributed by atoms with E-state index in [4.69, 9.17) is 0 Å². The van der Waals surface area contributed by atoms with Gasteiger partial charge >= 0.3 is 0 Å². The molecule has 1 aromatic rings. The number of benzene rings is 1. The molecule has 0 spiro atoms. The van der Waals surface area contributed by atoms with Gasteiger partial charge in [0.15, 0.2) is 0 Å². The quantitative estimate of drug-likeness (QED) is 0.731. The van der Waals surface area contributed by atoms with E-state index in [0.717, 1.165) is 35.1 Å². The highest BCUT2D eigenvalue weighted by molar-refractivity contribution is 8.18. The number of carbonyl (C=O) groups is 3. The lowest BCUT2D eigenvalue weighted by atomic mass is 9.99. The molecule has 27 heavy (non-hydrogen) atoms. The van der Waals surface area contributed by atoms with Gasteiger partial charge < -0.3 is 4.90 Å². The van der Waals surface area contributed by atoms with Crippen molar-refractivity contribution >= 4 is 34.9 Å². The zero-order valence-corrected chi connectivity index (χ0v) is 16.9. The highest BCUT2D eigenvalue weighted by Crippen LogP contribution is 2.32. The smallest absolute Gasteiger partial charge is 0.294 e. The van der Waals surface area contributed by atoms with Crippen molar-refractivity contribution in [3.8, 4) is 0 Å². The largest absolute Gasteiger partial charge is 0.341 e. The Kier molecular flexibility index (Phi) is 6.05. The second-order valence-corrected chi connectivity index (χ2v) is 8.65. The van der Waals surface area contributed by atoms with Crippen LogP contribution in [-0.2, 0) is 9.59 Å². The maximum atomic E-state index is 12.6. The number of piperidine rings is 1. The first kappa shape index (κ1) is 19.7. The predicted octanol–water partition coefficient (Wildman–Crippen LogP) is 4.10. The van der Waals surface area contributed by atoms with E-state index in [2.05, 4.69) is 20.8 Å². The summed E-state index contributed by atoms with van der Waals surface area (Å²) in [4.78, 5) is 40.5. The Morgan fingerprint density at radius 1 is 1.19 bits per heavy atom. The third kappa shape index (κ3) is 4.61. The fraction of sp³-hybridized carbons (Fsp3) is 0.476. The van der Waals surface area contributed by atoms with Crippen LogP contribution in [0.2, 0.25) is 0 Å². The van der Waals surface area contributed by atoms with Gasteiger partial charge in [0.25, 0.3) is 11.1 Å². The van der Waals surface area contributed by atoms with Gasteiger partial charge in [0.05, 0.1) is 4.91 Å². The summed E-state index contributed by atoms with van der Waals surface area (Å²) in [5, 5.41) is -0.372. The van der Waals surface area contributed by atoms with Gasteiger partial charge in [0, 0.05) is 13.1 Å². The van der Waals surface area contributed by atoms with E-state index >= 15 is 0 Å². The van der Waals surface area contributed by atoms with E-state index < -0.39 is 0 Å². The highest BCUT2D eigenvalue weighted by Gasteiger charge is 2.37. The molecule has 0 aliphatic carbocycles. The molecule has 0 atom stereocenters. The van der Waals surface area contributed by atoms with E-state index in [1.54, 1.807) is 11.0 Å². The van der Waals surface area contributed by atoms with Crippen molar-refractivity contribution in [3.05, 3.63) is 40.3 Å². The molecular weight excluding hydrogens is 360 g/mol. The molecule has 3 rings (SSSR count). The summed E-state index contributed by atoms with van der Waals surface area (Å²) >= 11 is 0.904. The second kappa shape index (κ2) is 8.30. The first-order valence-electron chi connectivity index (χ1n) is 9.48. The topological polar surface area (TPSA) is 57.7 Å². The summed E-state index contributed by atoms with van der Waals surface area (Å²) in [6.07, 6.45) is 3.67. The average Bonchev–Trinajstić information content (AvgIpc) is 2.90. The fourth-order valence-corrected chi connectivity index (χ4v) is 4.10. The Bertz CT molecular complexity index is 762. The maximum absolute atomic E-state index is 12.6. The lowest BCUT2D eigenvalue weighted by Gasteiger charge is -2.31. The molecule has 0 aromatic heterocycles. The van der Waals surface area contributed by atoms with Crippen LogP contribution in [0.25, 0.3) is 6.08 Å². The molecule has 0 N–H and O–H groups in total. The molecule has 3 amide bonds. The summed E-state index contributed by atoms with van der Waals surface area (Å²) in [5.74, 6) is 0.537. The van der Waals surface area contributed by atoms with Crippen LogP contribution in [0.15, 0.2) is 29.2 Å². The maximum Gasteiger partial charge on any atom is 0.294 e. The summed E-state index contributed by atoms with van der Waals surface area (Å²) in [7, 11) is 0. The van der Waals surface area contributed by atoms with Crippen molar-refractivity contribution in [1.29, 1.82) is 0 Å². The van der Waals surface area contributed by atoms with Crippen LogP contribution in [-0.4, -0.2) is 46.5 Å². The highest BCUT2D eigenvalue weighted by atomic mass is 32.2. The van der Waals surface area contributed by atoms with Gasteiger partial charge in [-0.25, -0.2) is 0 Å². The fourth-order valence-electron chi connectivity index (χ4n) is 3.26. The minimum atomic E-state index is -0.378. The van der Waals surface area contributed by atoms with Crippen LogP contribution in [0.4, 0.5) is 4.79 Å². The molecule has 0 bridgehead atoms. The number of carbonyl (C=O) groups excluding carboxylic acids is 3. The zero-order valence-electron chi connectivity index (χ0n) is 16.1. The van der Waals surface area contributed by atoms with Crippen LogP contribution < -0.4 is 0 Å². The van der Waals surface area contributed by atoms with Crippen molar-refractivity contribution in [2.75, 3.05) is 19.6 Å². The van der Waals surface area contributed by atoms with Crippen molar-refractivity contribution in [2.24, 2.45) is 5.92 Å². The van der Waals surface area contributed by atoms with Crippen LogP contribution in [0, 0.1) is 5.92 Å². The van der Waals surface area contributed by atoms with Gasteiger partial charge in [-0.15, -0.1) is 0 Å². The zero-order chi connectivity index (χ0) is 19.6. The number of likely N-dealkylation sites (tertiary alicyclic amines) is 1. The molecule has 2 aliphatic heterocycles. The molecule has 5 nitrogen and oxygen atoms in total. The first-order chi connectivity index (χ1) is 12.8. The van der Waals surface area contributed by atoms with Gasteiger partial charge in [-0.3, -0.25) is 19.3 Å². The molecule has 2 heterocycles. The summed E-state index contributed by atoms with van der Waals surface area (Å²) < 4.78 is 0. The predicted molar refractivity (Wildman–Crippen MR) is 108 cm³/mol. The summed E-state index contributed by atoms with van der Waals surface area (Å²) in [5.41, 5.74) is 2.10. The molecule has 6 heteroatoms. The number of nitrogens with zero attached hydrogens (tertiary/aromatic N) is 2. The molecule has 2 aliphatic rings. The lowest BCUT2D eigenvalue weighted by molar-refractivity contribution is -0.136. The summed E-state index contributed by atoms with van der Waals surface area (Å²) in [6.45, 7) is 7.67. The van der Waals surface area contributed by atoms with Gasteiger partial charge in [0.1, 0.15) is 6.54 Å². The SMILES string of the molecule is CC1CCN(C(=O)CN2C(=O)S/C(=C/c3ccc(C(C)C)cc3)C2=O)CC1. The van der Waals surface area contributed by atoms with Crippen molar-refractivity contribution < 1.29 is 14.4 Å². The number of rotatable bonds is 4. The number of amides is 3. The molecule has 2 saturated heterocycles. The molecule has 2 fully saturated rings. The molecular formula is C21H26N2O3S. The molecule has 0 unspecified atom stereocenters. The second-order valence-electron chi connectivity index (χ2n) is 7.65. The first-order valence-corrected chi connectivity index (χ1v) is 10.3. The molecule has 144 valence electrons. The number of thioether (sulfide) groups is 1. The van der Waals surface area contributed by atoms with E-state index in [1.165, 1.54) is 5.56 Å². The van der Waals surface area contributed by atoms with E-state index in [-0.39, 0.29) is 23.6 Å². The minimum Gasteiger partial charge on any atom is -0.341 e. The van der Waals surface area contributed by atoms with Crippen LogP contribution in [0.5, 0.6) is 0 Å². The number of imide groups is 1. The van der Waals surface area contributed by atoms with Crippen LogP contribution >= 0.6 is 11.8 Å². The van der Waals surface area contributed by atoms with Gasteiger partial charge in [0.2, 0.25) is 5.91 Å². The Balaban J connectivity index is 1.66. The van der Waals surface area contributed by atoms with Crippen molar-refractivity contribution in [1.82, 2.24) is 9.80 Å².